The van der Waals surface area contributed by atoms with Crippen LogP contribution in [0.2, 0.25) is 0 Å². The highest BCUT2D eigenvalue weighted by atomic mass is 79.9. The van der Waals surface area contributed by atoms with Crippen LogP contribution < -0.4 is 0 Å². The highest BCUT2D eigenvalue weighted by molar-refractivity contribution is 9.10. The van der Waals surface area contributed by atoms with E-state index in [1.807, 2.05) is 11.8 Å². The molecule has 0 spiro atoms. The van der Waals surface area contributed by atoms with Crippen molar-refractivity contribution in [1.82, 2.24) is 0 Å². The molecule has 1 aromatic heterocycles. The van der Waals surface area contributed by atoms with E-state index in [-0.39, 0.29) is 0 Å². The lowest BCUT2D eigenvalue weighted by Crippen LogP contribution is -1.63. The Labute approximate surface area is 71.8 Å². The third-order valence-corrected chi connectivity index (χ3v) is 4.16. The van der Waals surface area contributed by atoms with Gasteiger partial charge in [0.25, 0.3) is 0 Å². The van der Waals surface area contributed by atoms with E-state index in [2.05, 4.69) is 34.3 Å². The first-order valence-corrected chi connectivity index (χ1v) is 5.36. The first-order valence-electron chi connectivity index (χ1n) is 2.70. The lowest BCUT2D eigenvalue weighted by molar-refractivity contribution is 1.50. The van der Waals surface area contributed by atoms with Crippen molar-refractivity contribution in [2.24, 2.45) is 0 Å². The van der Waals surface area contributed by atoms with E-state index in [0.717, 1.165) is 5.75 Å². The van der Waals surface area contributed by atoms with E-state index < -0.39 is 0 Å². The Morgan fingerprint density at radius 1 is 1.78 bits per heavy atom. The quantitative estimate of drug-likeness (QED) is 0.690. The summed E-state index contributed by atoms with van der Waals surface area (Å²) in [6, 6.07) is 2.09. The minimum atomic E-state index is 1.15. The summed E-state index contributed by atoms with van der Waals surface area (Å²) in [5.41, 5.74) is 0. The smallest absolute Gasteiger partial charge is 0.0740 e. The summed E-state index contributed by atoms with van der Waals surface area (Å²) in [6.07, 6.45) is 0. The van der Waals surface area contributed by atoms with Gasteiger partial charge in [-0.1, -0.05) is 6.92 Å². The molecule has 0 N–H and O–H groups in total. The lowest BCUT2D eigenvalue weighted by Gasteiger charge is -1.90. The maximum Gasteiger partial charge on any atom is 0.0740 e. The molecule has 0 aromatic carbocycles. The number of rotatable bonds is 2. The Bertz CT molecular complexity index is 183. The average Bonchev–Trinajstić information content (AvgIpc) is 2.18. The van der Waals surface area contributed by atoms with Gasteiger partial charge in [0.05, 0.1) is 4.21 Å². The molecule has 1 aromatic rings. The molecule has 0 amide bonds. The van der Waals surface area contributed by atoms with Crippen LogP contribution in [0.4, 0.5) is 0 Å². The number of hydrogen-bond acceptors (Lipinski definition) is 2. The highest BCUT2D eigenvalue weighted by Crippen LogP contribution is 2.32. The van der Waals surface area contributed by atoms with Crippen LogP contribution in [-0.2, 0) is 0 Å². The van der Waals surface area contributed by atoms with Gasteiger partial charge in [-0.3, -0.25) is 0 Å². The van der Waals surface area contributed by atoms with E-state index in [4.69, 9.17) is 0 Å². The predicted octanol–water partition coefficient (Wildman–Crippen LogP) is 3.62. The van der Waals surface area contributed by atoms with Crippen LogP contribution in [0.15, 0.2) is 20.1 Å². The Kier molecular flexibility index (Phi) is 3.09. The van der Waals surface area contributed by atoms with Crippen molar-refractivity contribution in [3.8, 4) is 0 Å². The van der Waals surface area contributed by atoms with Crippen LogP contribution in [-0.4, -0.2) is 5.75 Å². The van der Waals surface area contributed by atoms with Crippen molar-refractivity contribution in [1.29, 1.82) is 0 Å². The monoisotopic (exact) mass is 222 g/mol. The molecule has 1 heterocycles. The second-order valence-electron chi connectivity index (χ2n) is 1.49. The van der Waals surface area contributed by atoms with Gasteiger partial charge in [-0.15, -0.1) is 23.1 Å². The zero-order valence-corrected chi connectivity index (χ0v) is 8.28. The Balaban J connectivity index is 2.69. The molecule has 0 aliphatic carbocycles. The van der Waals surface area contributed by atoms with Crippen molar-refractivity contribution in [2.75, 3.05) is 5.75 Å². The molecule has 50 valence electrons. The Morgan fingerprint density at radius 3 is 3.00 bits per heavy atom. The zero-order chi connectivity index (χ0) is 6.69. The third kappa shape index (κ3) is 1.99. The first kappa shape index (κ1) is 7.63. The summed E-state index contributed by atoms with van der Waals surface area (Å²) in [4.78, 5) is 0. The molecule has 0 bridgehead atoms. The molecule has 0 saturated carbocycles. The van der Waals surface area contributed by atoms with E-state index in [1.165, 1.54) is 8.68 Å². The van der Waals surface area contributed by atoms with Crippen LogP contribution >= 0.6 is 39.0 Å². The molecular formula is C6H7BrS2. The lowest BCUT2D eigenvalue weighted by atomic mass is 10.7. The van der Waals surface area contributed by atoms with Gasteiger partial charge in [-0.2, -0.15) is 0 Å². The van der Waals surface area contributed by atoms with Crippen LogP contribution in [0.1, 0.15) is 6.92 Å². The summed E-state index contributed by atoms with van der Waals surface area (Å²) >= 11 is 7.13. The van der Waals surface area contributed by atoms with Gasteiger partial charge in [-0.05, 0) is 33.1 Å². The minimum absolute atomic E-state index is 1.15. The molecule has 3 heteroatoms. The Hall–Kier alpha value is 0.530. The maximum atomic E-state index is 3.46. The van der Waals surface area contributed by atoms with Gasteiger partial charge in [0.2, 0.25) is 0 Å². The van der Waals surface area contributed by atoms with Crippen molar-refractivity contribution in [2.45, 2.75) is 11.1 Å². The fourth-order valence-corrected chi connectivity index (χ4v) is 3.21. The van der Waals surface area contributed by atoms with E-state index >= 15 is 0 Å². The van der Waals surface area contributed by atoms with Crippen LogP contribution in [0.3, 0.4) is 0 Å². The third-order valence-electron chi connectivity index (χ3n) is 0.860. The molecule has 0 aliphatic rings. The van der Waals surface area contributed by atoms with E-state index in [0.29, 0.717) is 0 Å². The summed E-state index contributed by atoms with van der Waals surface area (Å²) in [5, 5.41) is 2.10. The van der Waals surface area contributed by atoms with E-state index in [9.17, 15) is 0 Å². The van der Waals surface area contributed by atoms with Gasteiger partial charge in [-0.25, -0.2) is 0 Å². The average molecular weight is 223 g/mol. The predicted molar refractivity (Wildman–Crippen MR) is 48.4 cm³/mol. The second kappa shape index (κ2) is 3.64. The number of thiophene rings is 1. The fraction of sp³-hybridized carbons (Fsp3) is 0.333. The van der Waals surface area contributed by atoms with Crippen molar-refractivity contribution < 1.29 is 0 Å². The van der Waals surface area contributed by atoms with Crippen LogP contribution in [0, 0.1) is 0 Å². The summed E-state index contributed by atoms with van der Waals surface area (Å²) in [7, 11) is 0. The largest absolute Gasteiger partial charge is 0.136 e. The molecule has 0 saturated heterocycles. The van der Waals surface area contributed by atoms with Crippen molar-refractivity contribution >= 4 is 39.0 Å². The minimum Gasteiger partial charge on any atom is -0.136 e. The molecule has 0 atom stereocenters. The fourth-order valence-electron chi connectivity index (χ4n) is 0.514. The van der Waals surface area contributed by atoms with Crippen LogP contribution in [0.5, 0.6) is 0 Å². The Morgan fingerprint density at radius 2 is 2.56 bits per heavy atom. The van der Waals surface area contributed by atoms with Gasteiger partial charge < -0.3 is 0 Å². The summed E-state index contributed by atoms with van der Waals surface area (Å²) in [6.45, 7) is 2.16. The molecule has 1 rings (SSSR count). The highest BCUT2D eigenvalue weighted by Gasteiger charge is 1.97. The summed E-state index contributed by atoms with van der Waals surface area (Å²) in [5.74, 6) is 1.15. The van der Waals surface area contributed by atoms with Crippen LogP contribution in [0.25, 0.3) is 0 Å². The molecule has 0 nitrogen and oxygen atoms in total. The molecule has 0 radical (unpaired) electrons. The van der Waals surface area contributed by atoms with Gasteiger partial charge >= 0.3 is 0 Å². The normalized spacial score (nSPS) is 10.0. The second-order valence-corrected chi connectivity index (χ2v) is 4.79. The first-order chi connectivity index (χ1) is 4.34. The van der Waals surface area contributed by atoms with Gasteiger partial charge in [0.15, 0.2) is 0 Å². The maximum absolute atomic E-state index is 3.46. The molecular weight excluding hydrogens is 216 g/mol. The number of thioether (sulfide) groups is 1. The summed E-state index contributed by atoms with van der Waals surface area (Å²) < 4.78 is 2.62. The van der Waals surface area contributed by atoms with Gasteiger partial charge in [0.1, 0.15) is 0 Å². The van der Waals surface area contributed by atoms with Crippen molar-refractivity contribution in [3.05, 3.63) is 15.9 Å². The van der Waals surface area contributed by atoms with Crippen molar-refractivity contribution in [3.63, 3.8) is 0 Å². The number of hydrogen-bond donors (Lipinski definition) is 0. The molecule has 0 aliphatic heterocycles. The molecule has 0 unspecified atom stereocenters. The van der Waals surface area contributed by atoms with E-state index in [1.54, 1.807) is 11.3 Å². The standard InChI is InChI=1S/C6H7BrS2/c1-2-8-6-5(7)3-4-9-6/h3-4H,2H2,1H3. The van der Waals surface area contributed by atoms with Gasteiger partial charge in [0, 0.05) is 4.47 Å². The SMILES string of the molecule is CCSc1sccc1Br. The zero-order valence-electron chi connectivity index (χ0n) is 5.06. The molecule has 0 fully saturated rings. The number of halogens is 1. The topological polar surface area (TPSA) is 0 Å². The molecule has 9 heavy (non-hydrogen) atoms.